The number of nitrogens with zero attached hydrogens (tertiary/aromatic N) is 2. The summed E-state index contributed by atoms with van der Waals surface area (Å²) >= 11 is 5.83. The van der Waals surface area contributed by atoms with E-state index in [9.17, 15) is 21.6 Å². The Labute approximate surface area is 207 Å². The highest BCUT2D eigenvalue weighted by molar-refractivity contribution is 8.08. The Morgan fingerprint density at radius 3 is 2.00 bits per heavy atom. The summed E-state index contributed by atoms with van der Waals surface area (Å²) in [5.74, 6) is -0.580. The molecule has 1 amide bonds. The van der Waals surface area contributed by atoms with Crippen LogP contribution in [0.5, 0.6) is 0 Å². The smallest absolute Gasteiger partial charge is 0.271 e. The average molecular weight is 534 g/mol. The van der Waals surface area contributed by atoms with Crippen LogP contribution in [-0.2, 0) is 19.9 Å². The zero-order valence-electron chi connectivity index (χ0n) is 18.2. The molecule has 3 aromatic rings. The number of carbonyl (C=O) groups excluding carboxylic acids is 1. The summed E-state index contributed by atoms with van der Waals surface area (Å²) < 4.78 is 49.4. The molecule has 35 heavy (non-hydrogen) atoms. The number of amides is 1. The van der Waals surface area contributed by atoms with Gasteiger partial charge in [-0.15, -0.1) is 0 Å². The van der Waals surface area contributed by atoms with Crippen LogP contribution < -0.4 is 16.0 Å². The van der Waals surface area contributed by atoms with Gasteiger partial charge in [-0.25, -0.2) is 27.4 Å². The highest BCUT2D eigenvalue weighted by atomic mass is 35.5. The monoisotopic (exact) mass is 533 g/mol. The number of halogens is 1. The van der Waals surface area contributed by atoms with Crippen LogP contribution in [-0.4, -0.2) is 33.5 Å². The minimum Gasteiger partial charge on any atom is -0.277 e. The summed E-state index contributed by atoms with van der Waals surface area (Å²) in [5, 5.41) is 13.0. The van der Waals surface area contributed by atoms with Crippen molar-refractivity contribution in [2.45, 2.75) is 16.7 Å². The van der Waals surface area contributed by atoms with Crippen LogP contribution >= 0.6 is 11.6 Å². The van der Waals surface area contributed by atoms with Gasteiger partial charge in [0.1, 0.15) is 0 Å². The number of nitrogens with one attached hydrogen (secondary N) is 2. The summed E-state index contributed by atoms with van der Waals surface area (Å²) in [5.41, 5.74) is 5.32. The molecule has 0 unspecified atom stereocenters. The number of rotatable bonds is 7. The Morgan fingerprint density at radius 1 is 0.829 bits per heavy atom. The van der Waals surface area contributed by atoms with E-state index in [4.69, 9.17) is 16.7 Å². The van der Waals surface area contributed by atoms with E-state index in [0.717, 1.165) is 0 Å². The molecule has 0 saturated heterocycles. The summed E-state index contributed by atoms with van der Waals surface area (Å²) in [6, 6.07) is 18.8. The second-order valence-electron chi connectivity index (χ2n) is 7.06. The molecule has 0 spiro atoms. The standard InChI is InChI=1S/C22H20ClN5O5S2/c1-15(25-27-21(29)16-7-9-17(23)10-8-16)22(34(30,31)19-5-3-2-4-6-19)28-26-18-11-13-20(14-12-18)35(24,32)33/h2-14,26H,1H3,(H,27,29)(H2,24,32,33)/b25-15+,28-22-. The molecule has 0 aliphatic rings. The van der Waals surface area contributed by atoms with Gasteiger partial charge in [-0.2, -0.15) is 10.2 Å². The second-order valence-corrected chi connectivity index (χ2v) is 10.9. The van der Waals surface area contributed by atoms with Crippen molar-refractivity contribution in [2.75, 3.05) is 5.43 Å². The van der Waals surface area contributed by atoms with E-state index in [1.54, 1.807) is 18.2 Å². The summed E-state index contributed by atoms with van der Waals surface area (Å²) in [6.45, 7) is 1.37. The average Bonchev–Trinajstić information content (AvgIpc) is 2.83. The number of primary sulfonamides is 1. The molecule has 0 atom stereocenters. The van der Waals surface area contributed by atoms with Crippen LogP contribution in [0.4, 0.5) is 5.69 Å². The lowest BCUT2D eigenvalue weighted by Gasteiger charge is -2.10. The van der Waals surface area contributed by atoms with Crippen molar-refractivity contribution in [3.05, 3.63) is 89.4 Å². The number of hydrogen-bond donors (Lipinski definition) is 3. The number of nitrogens with two attached hydrogens (primary N) is 1. The van der Waals surface area contributed by atoms with Gasteiger partial charge < -0.3 is 0 Å². The number of hydrazone groups is 2. The first-order valence-electron chi connectivity index (χ1n) is 9.86. The first-order chi connectivity index (χ1) is 16.5. The lowest BCUT2D eigenvalue weighted by atomic mass is 10.2. The topological polar surface area (TPSA) is 160 Å². The van der Waals surface area contributed by atoms with Crippen molar-refractivity contribution in [1.82, 2.24) is 5.43 Å². The predicted octanol–water partition coefficient (Wildman–Crippen LogP) is 2.99. The van der Waals surface area contributed by atoms with Crippen molar-refractivity contribution in [3.63, 3.8) is 0 Å². The van der Waals surface area contributed by atoms with Gasteiger partial charge >= 0.3 is 0 Å². The Balaban J connectivity index is 1.93. The van der Waals surface area contributed by atoms with Gasteiger partial charge in [0, 0.05) is 10.6 Å². The zero-order chi connectivity index (χ0) is 25.6. The Kier molecular flexibility index (Phi) is 8.02. The molecule has 4 N–H and O–H groups in total. The van der Waals surface area contributed by atoms with Crippen LogP contribution in [0.3, 0.4) is 0 Å². The van der Waals surface area contributed by atoms with E-state index >= 15 is 0 Å². The maximum absolute atomic E-state index is 13.3. The Morgan fingerprint density at radius 2 is 1.43 bits per heavy atom. The highest BCUT2D eigenvalue weighted by Crippen LogP contribution is 2.16. The van der Waals surface area contributed by atoms with Gasteiger partial charge in [-0.3, -0.25) is 10.2 Å². The number of anilines is 1. The van der Waals surface area contributed by atoms with Gasteiger partial charge in [0.15, 0.2) is 0 Å². The Bertz CT molecular complexity index is 1490. The number of sulfonamides is 1. The molecule has 0 saturated carbocycles. The number of carbonyl (C=O) groups is 1. The third kappa shape index (κ3) is 6.73. The lowest BCUT2D eigenvalue weighted by Crippen LogP contribution is -2.28. The van der Waals surface area contributed by atoms with Gasteiger partial charge in [0.05, 0.1) is 21.2 Å². The largest absolute Gasteiger partial charge is 0.277 e. The minimum atomic E-state index is -4.15. The van der Waals surface area contributed by atoms with Crippen molar-refractivity contribution >= 4 is 53.8 Å². The fraction of sp³-hybridized carbons (Fsp3) is 0.0455. The van der Waals surface area contributed by atoms with Crippen molar-refractivity contribution in [2.24, 2.45) is 15.3 Å². The molecule has 0 aromatic heterocycles. The molecule has 0 aliphatic carbocycles. The van der Waals surface area contributed by atoms with E-state index in [1.165, 1.54) is 67.6 Å². The van der Waals surface area contributed by atoms with E-state index in [2.05, 4.69) is 21.1 Å². The molecule has 3 rings (SSSR count). The number of hydrogen-bond acceptors (Lipinski definition) is 8. The molecule has 3 aromatic carbocycles. The molecule has 0 aliphatic heterocycles. The molecule has 0 heterocycles. The Hall–Kier alpha value is -3.58. The van der Waals surface area contributed by atoms with Crippen LogP contribution in [0.2, 0.25) is 5.02 Å². The van der Waals surface area contributed by atoms with E-state index in [-0.39, 0.29) is 26.8 Å². The maximum Gasteiger partial charge on any atom is 0.271 e. The fourth-order valence-corrected chi connectivity index (χ4v) is 4.71. The first-order valence-corrected chi connectivity index (χ1v) is 13.3. The summed E-state index contributed by atoms with van der Waals surface area (Å²) in [7, 11) is -8.04. The molecule has 10 nitrogen and oxygen atoms in total. The second kappa shape index (κ2) is 10.8. The van der Waals surface area contributed by atoms with Crippen LogP contribution in [0.1, 0.15) is 17.3 Å². The maximum atomic E-state index is 13.3. The highest BCUT2D eigenvalue weighted by Gasteiger charge is 2.26. The first kappa shape index (κ1) is 26.0. The van der Waals surface area contributed by atoms with Crippen LogP contribution in [0.15, 0.2) is 98.9 Å². The molecule has 0 radical (unpaired) electrons. The van der Waals surface area contributed by atoms with Crippen molar-refractivity contribution < 1.29 is 21.6 Å². The molecule has 13 heteroatoms. The van der Waals surface area contributed by atoms with Crippen molar-refractivity contribution in [3.8, 4) is 0 Å². The molecular formula is C22H20ClN5O5S2. The van der Waals surface area contributed by atoms with Gasteiger partial charge in [-0.05, 0) is 67.6 Å². The van der Waals surface area contributed by atoms with Gasteiger partial charge in [-0.1, -0.05) is 29.8 Å². The fourth-order valence-electron chi connectivity index (χ4n) is 2.73. The zero-order valence-corrected chi connectivity index (χ0v) is 20.6. The van der Waals surface area contributed by atoms with Gasteiger partial charge in [0.2, 0.25) is 24.9 Å². The van der Waals surface area contributed by atoms with E-state index in [1.807, 2.05) is 0 Å². The van der Waals surface area contributed by atoms with Crippen molar-refractivity contribution in [1.29, 1.82) is 0 Å². The molecular weight excluding hydrogens is 514 g/mol. The summed E-state index contributed by atoms with van der Waals surface area (Å²) in [6.07, 6.45) is 0. The van der Waals surface area contributed by atoms with E-state index in [0.29, 0.717) is 5.02 Å². The van der Waals surface area contributed by atoms with Gasteiger partial charge in [0.25, 0.3) is 5.91 Å². The third-order valence-electron chi connectivity index (χ3n) is 4.52. The van der Waals surface area contributed by atoms with Crippen LogP contribution in [0, 0.1) is 0 Å². The van der Waals surface area contributed by atoms with Crippen LogP contribution in [0.25, 0.3) is 0 Å². The molecule has 182 valence electrons. The predicted molar refractivity (Wildman–Crippen MR) is 135 cm³/mol. The normalized spacial score (nSPS) is 12.8. The summed E-state index contributed by atoms with van der Waals surface area (Å²) in [4.78, 5) is 12.2. The molecule has 0 fully saturated rings. The lowest BCUT2D eigenvalue weighted by molar-refractivity contribution is 0.0955. The quantitative estimate of drug-likeness (QED) is 0.240. The number of benzene rings is 3. The SMILES string of the molecule is CC(=N\NC(=O)c1ccc(Cl)cc1)/C(=N/Nc1ccc(S(N)(=O)=O)cc1)S(=O)(=O)c1ccccc1. The van der Waals surface area contributed by atoms with E-state index < -0.39 is 30.8 Å². The number of sulfone groups is 1. The minimum absolute atomic E-state index is 0.0382. The molecule has 0 bridgehead atoms. The third-order valence-corrected chi connectivity index (χ3v) is 7.49.